The minimum atomic E-state index is -0.347. The maximum atomic E-state index is 13.5. The van der Waals surface area contributed by atoms with E-state index in [0.29, 0.717) is 17.9 Å². The highest BCUT2D eigenvalue weighted by atomic mass is 79.9. The number of halogens is 3. The number of hydrogen-bond donors (Lipinski definition) is 0. The standard InChI is InChI=1S/C15H17BrClFN2O/c1-3-13-15(16)14(20(4-2)19-13)9-21-12-6-10(8-17)5-11(18)7-12/h5-7H,3-4,8-9H2,1-2H3. The van der Waals surface area contributed by atoms with Gasteiger partial charge in [0.05, 0.1) is 15.9 Å². The quantitative estimate of drug-likeness (QED) is 0.685. The molecule has 6 heteroatoms. The first-order chi connectivity index (χ1) is 10.1. The number of ether oxygens (including phenoxy) is 1. The summed E-state index contributed by atoms with van der Waals surface area (Å²) in [6, 6.07) is 4.51. The fourth-order valence-electron chi connectivity index (χ4n) is 2.09. The highest BCUT2D eigenvalue weighted by molar-refractivity contribution is 9.10. The molecule has 1 aromatic heterocycles. The molecule has 2 rings (SSSR count). The van der Waals surface area contributed by atoms with Crippen LogP contribution in [0.25, 0.3) is 0 Å². The smallest absolute Gasteiger partial charge is 0.131 e. The maximum absolute atomic E-state index is 13.5. The van der Waals surface area contributed by atoms with E-state index in [4.69, 9.17) is 16.3 Å². The summed E-state index contributed by atoms with van der Waals surface area (Å²) in [6.45, 7) is 5.16. The first-order valence-corrected chi connectivity index (χ1v) is 8.14. The summed E-state index contributed by atoms with van der Waals surface area (Å²) in [7, 11) is 0. The highest BCUT2D eigenvalue weighted by Gasteiger charge is 2.14. The van der Waals surface area contributed by atoms with Gasteiger partial charge in [-0.15, -0.1) is 11.6 Å². The van der Waals surface area contributed by atoms with Gasteiger partial charge in [0.1, 0.15) is 18.2 Å². The molecule has 0 atom stereocenters. The molecule has 2 aromatic rings. The minimum Gasteiger partial charge on any atom is -0.487 e. The van der Waals surface area contributed by atoms with Crippen LogP contribution in [0.2, 0.25) is 0 Å². The van der Waals surface area contributed by atoms with E-state index in [1.807, 2.05) is 11.6 Å². The van der Waals surface area contributed by atoms with Gasteiger partial charge in [0.25, 0.3) is 0 Å². The van der Waals surface area contributed by atoms with Crippen LogP contribution < -0.4 is 4.74 Å². The molecular weight excluding hydrogens is 359 g/mol. The Morgan fingerprint density at radius 3 is 2.71 bits per heavy atom. The normalized spacial score (nSPS) is 10.9. The number of aromatic nitrogens is 2. The van der Waals surface area contributed by atoms with Gasteiger partial charge in [-0.25, -0.2) is 4.39 Å². The van der Waals surface area contributed by atoms with Crippen molar-refractivity contribution in [2.45, 2.75) is 39.3 Å². The lowest BCUT2D eigenvalue weighted by atomic mass is 10.2. The van der Waals surface area contributed by atoms with Crippen LogP contribution in [-0.4, -0.2) is 9.78 Å². The number of nitrogens with zero attached hydrogens (tertiary/aromatic N) is 2. The number of hydrogen-bond acceptors (Lipinski definition) is 2. The summed E-state index contributed by atoms with van der Waals surface area (Å²) in [4.78, 5) is 0. The molecule has 114 valence electrons. The van der Waals surface area contributed by atoms with Crippen molar-refractivity contribution in [2.75, 3.05) is 0 Å². The summed E-state index contributed by atoms with van der Waals surface area (Å²) >= 11 is 9.30. The minimum absolute atomic E-state index is 0.255. The van der Waals surface area contributed by atoms with Crippen molar-refractivity contribution < 1.29 is 9.13 Å². The molecule has 0 N–H and O–H groups in total. The number of benzene rings is 1. The summed E-state index contributed by atoms with van der Waals surface area (Å²) in [6.07, 6.45) is 0.844. The summed E-state index contributed by atoms with van der Waals surface area (Å²) in [5.74, 6) is 0.380. The molecular formula is C15H17BrClFN2O. The summed E-state index contributed by atoms with van der Waals surface area (Å²) in [5.41, 5.74) is 2.64. The zero-order valence-electron chi connectivity index (χ0n) is 12.0. The third kappa shape index (κ3) is 3.77. The van der Waals surface area contributed by atoms with E-state index < -0.39 is 0 Å². The highest BCUT2D eigenvalue weighted by Crippen LogP contribution is 2.25. The fraction of sp³-hybridized carbons (Fsp3) is 0.400. The van der Waals surface area contributed by atoms with E-state index in [0.717, 1.165) is 28.8 Å². The molecule has 3 nitrogen and oxygen atoms in total. The van der Waals surface area contributed by atoms with Crippen molar-refractivity contribution in [3.05, 3.63) is 45.4 Å². The van der Waals surface area contributed by atoms with E-state index >= 15 is 0 Å². The Morgan fingerprint density at radius 2 is 2.10 bits per heavy atom. The Hall–Kier alpha value is -1.07. The van der Waals surface area contributed by atoms with Gasteiger partial charge in [0.15, 0.2) is 0 Å². The van der Waals surface area contributed by atoms with Crippen molar-refractivity contribution in [3.8, 4) is 5.75 Å². The largest absolute Gasteiger partial charge is 0.487 e. The molecule has 0 amide bonds. The topological polar surface area (TPSA) is 27.1 Å². The van der Waals surface area contributed by atoms with Crippen LogP contribution >= 0.6 is 27.5 Å². The average molecular weight is 376 g/mol. The second-order valence-corrected chi connectivity index (χ2v) is 5.65. The van der Waals surface area contributed by atoms with Gasteiger partial charge in [0.2, 0.25) is 0 Å². The van der Waals surface area contributed by atoms with Crippen LogP contribution in [0.5, 0.6) is 5.75 Å². The van der Waals surface area contributed by atoms with Crippen molar-refractivity contribution in [1.82, 2.24) is 9.78 Å². The number of rotatable bonds is 6. The van der Waals surface area contributed by atoms with E-state index in [9.17, 15) is 4.39 Å². The first-order valence-electron chi connectivity index (χ1n) is 6.81. The van der Waals surface area contributed by atoms with E-state index in [2.05, 4.69) is 28.0 Å². The van der Waals surface area contributed by atoms with Gasteiger partial charge in [-0.2, -0.15) is 5.10 Å². The monoisotopic (exact) mass is 374 g/mol. The van der Waals surface area contributed by atoms with Crippen molar-refractivity contribution in [1.29, 1.82) is 0 Å². The Balaban J connectivity index is 2.20. The Labute approximate surface area is 137 Å². The Morgan fingerprint density at radius 1 is 1.33 bits per heavy atom. The molecule has 0 fully saturated rings. The molecule has 0 spiro atoms. The van der Waals surface area contributed by atoms with Gasteiger partial charge in [-0.05, 0) is 47.0 Å². The van der Waals surface area contributed by atoms with Crippen LogP contribution in [0.3, 0.4) is 0 Å². The molecule has 0 aliphatic heterocycles. The lowest BCUT2D eigenvalue weighted by Crippen LogP contribution is -2.07. The predicted octanol–water partition coefficient (Wildman–Crippen LogP) is 4.68. The van der Waals surface area contributed by atoms with Crippen LogP contribution in [0, 0.1) is 5.82 Å². The van der Waals surface area contributed by atoms with Gasteiger partial charge in [-0.3, -0.25) is 4.68 Å². The number of aryl methyl sites for hydroxylation is 2. The zero-order valence-corrected chi connectivity index (χ0v) is 14.3. The fourth-order valence-corrected chi connectivity index (χ4v) is 2.92. The second-order valence-electron chi connectivity index (χ2n) is 4.59. The van der Waals surface area contributed by atoms with E-state index in [-0.39, 0.29) is 11.7 Å². The van der Waals surface area contributed by atoms with Crippen molar-refractivity contribution >= 4 is 27.5 Å². The number of alkyl halides is 1. The average Bonchev–Trinajstić information content (AvgIpc) is 2.80. The lowest BCUT2D eigenvalue weighted by molar-refractivity contribution is 0.290. The van der Waals surface area contributed by atoms with E-state index in [1.54, 1.807) is 6.07 Å². The van der Waals surface area contributed by atoms with Gasteiger partial charge < -0.3 is 4.74 Å². The third-order valence-corrected chi connectivity index (χ3v) is 4.38. The maximum Gasteiger partial charge on any atom is 0.131 e. The molecule has 0 saturated heterocycles. The second kappa shape index (κ2) is 7.27. The van der Waals surface area contributed by atoms with Crippen LogP contribution in [0.1, 0.15) is 30.8 Å². The van der Waals surface area contributed by atoms with Crippen LogP contribution in [0.15, 0.2) is 22.7 Å². The van der Waals surface area contributed by atoms with Crippen LogP contribution in [-0.2, 0) is 25.5 Å². The van der Waals surface area contributed by atoms with E-state index in [1.165, 1.54) is 12.1 Å². The molecule has 0 aliphatic carbocycles. The van der Waals surface area contributed by atoms with Gasteiger partial charge >= 0.3 is 0 Å². The molecule has 1 heterocycles. The lowest BCUT2D eigenvalue weighted by Gasteiger charge is -2.09. The molecule has 0 radical (unpaired) electrons. The molecule has 1 aromatic carbocycles. The van der Waals surface area contributed by atoms with Crippen LogP contribution in [0.4, 0.5) is 4.39 Å². The molecule has 0 unspecified atom stereocenters. The molecule has 21 heavy (non-hydrogen) atoms. The first kappa shape index (κ1) is 16.3. The molecule has 0 bridgehead atoms. The predicted molar refractivity (Wildman–Crippen MR) is 85.3 cm³/mol. The molecule has 0 aliphatic rings. The summed E-state index contributed by atoms with van der Waals surface area (Å²) in [5, 5.41) is 4.50. The third-order valence-electron chi connectivity index (χ3n) is 3.16. The van der Waals surface area contributed by atoms with Crippen molar-refractivity contribution in [3.63, 3.8) is 0 Å². The van der Waals surface area contributed by atoms with Crippen molar-refractivity contribution in [2.24, 2.45) is 0 Å². The Kier molecular flexibility index (Phi) is 5.65. The SMILES string of the molecule is CCc1nn(CC)c(COc2cc(F)cc(CCl)c2)c1Br. The van der Waals surface area contributed by atoms with Gasteiger partial charge in [-0.1, -0.05) is 6.92 Å². The summed E-state index contributed by atoms with van der Waals surface area (Å²) < 4.78 is 22.0. The molecule has 0 saturated carbocycles. The Bertz CT molecular complexity index is 630. The van der Waals surface area contributed by atoms with Gasteiger partial charge in [0, 0.05) is 18.5 Å². The zero-order chi connectivity index (χ0) is 15.4.